The van der Waals surface area contributed by atoms with Crippen molar-refractivity contribution in [1.82, 2.24) is 4.90 Å². The summed E-state index contributed by atoms with van der Waals surface area (Å²) in [5, 5.41) is 0. The highest BCUT2D eigenvalue weighted by molar-refractivity contribution is 5.83. The van der Waals surface area contributed by atoms with Crippen LogP contribution in [0.2, 0.25) is 0 Å². The monoisotopic (exact) mass is 321 g/mol. The lowest BCUT2D eigenvalue weighted by Crippen LogP contribution is -2.38. The highest BCUT2D eigenvalue weighted by Gasteiger charge is 2.45. The van der Waals surface area contributed by atoms with Crippen molar-refractivity contribution in [3.63, 3.8) is 0 Å². The number of hydrogen-bond acceptors (Lipinski definition) is 5. The molecule has 2 aliphatic rings. The first kappa shape index (κ1) is 17.7. The average Bonchev–Trinajstić information content (AvgIpc) is 2.98. The third-order valence-electron chi connectivity index (χ3n) is 4.29. The van der Waals surface area contributed by atoms with Gasteiger partial charge in [0.2, 0.25) is 0 Å². The van der Waals surface area contributed by atoms with Gasteiger partial charge < -0.3 is 9.47 Å². The Morgan fingerprint density at radius 1 is 1.00 bits per heavy atom. The number of ether oxygens (including phenoxy) is 2. The van der Waals surface area contributed by atoms with E-state index in [4.69, 9.17) is 9.47 Å². The molecule has 0 radical (unpaired) electrons. The molecule has 5 heteroatoms. The molecule has 2 heterocycles. The smallest absolute Gasteiger partial charge is 0.331 e. The quantitative estimate of drug-likeness (QED) is 0.575. The van der Waals surface area contributed by atoms with E-state index in [1.54, 1.807) is 0 Å². The van der Waals surface area contributed by atoms with Gasteiger partial charge in [-0.1, -0.05) is 11.1 Å². The zero-order valence-corrected chi connectivity index (χ0v) is 14.5. The van der Waals surface area contributed by atoms with Crippen molar-refractivity contribution in [2.75, 3.05) is 19.7 Å². The minimum absolute atomic E-state index is 0.104. The first-order valence-electron chi connectivity index (χ1n) is 8.28. The van der Waals surface area contributed by atoms with Crippen LogP contribution in [0.1, 0.15) is 40.5 Å². The molecule has 128 valence electrons. The SMILES string of the molecule is CC(C)=CC(=O)OC[C@H]1CCN2CC[C@@H](OC(=O)C=C(C)C)[C@@H]12. The molecule has 5 nitrogen and oxygen atoms in total. The molecule has 0 aromatic carbocycles. The third kappa shape index (κ3) is 4.93. The minimum Gasteiger partial charge on any atom is -0.462 e. The molecule has 0 aliphatic carbocycles. The number of hydrogen-bond donors (Lipinski definition) is 0. The zero-order valence-electron chi connectivity index (χ0n) is 14.5. The molecule has 2 fully saturated rings. The molecule has 0 unspecified atom stereocenters. The maximum absolute atomic E-state index is 11.9. The molecule has 3 atom stereocenters. The molecule has 2 saturated heterocycles. The number of rotatable bonds is 5. The van der Waals surface area contributed by atoms with Crippen molar-refractivity contribution in [3.05, 3.63) is 23.3 Å². The highest BCUT2D eigenvalue weighted by Crippen LogP contribution is 2.35. The molecule has 0 aromatic heterocycles. The van der Waals surface area contributed by atoms with Gasteiger partial charge in [0.1, 0.15) is 6.10 Å². The summed E-state index contributed by atoms with van der Waals surface area (Å²) in [4.78, 5) is 25.9. The van der Waals surface area contributed by atoms with E-state index in [1.165, 1.54) is 12.2 Å². The van der Waals surface area contributed by atoms with E-state index in [-0.39, 0.29) is 30.0 Å². The Bertz CT molecular complexity index is 515. The van der Waals surface area contributed by atoms with Crippen LogP contribution < -0.4 is 0 Å². The summed E-state index contributed by atoms with van der Waals surface area (Å²) in [6, 6.07) is 0.170. The van der Waals surface area contributed by atoms with Gasteiger partial charge in [0, 0.05) is 24.6 Å². The molecule has 0 spiro atoms. The number of fused-ring (bicyclic) bond motifs is 1. The van der Waals surface area contributed by atoms with Gasteiger partial charge in [-0.25, -0.2) is 9.59 Å². The van der Waals surface area contributed by atoms with E-state index in [1.807, 2.05) is 27.7 Å². The molecule has 0 aromatic rings. The normalized spacial score (nSPS) is 26.3. The Morgan fingerprint density at radius 3 is 2.26 bits per heavy atom. The molecule has 0 N–H and O–H groups in total. The van der Waals surface area contributed by atoms with Gasteiger partial charge in [-0.3, -0.25) is 4.90 Å². The summed E-state index contributed by atoms with van der Waals surface area (Å²) in [5.74, 6) is -0.333. The fourth-order valence-electron chi connectivity index (χ4n) is 3.41. The van der Waals surface area contributed by atoms with Crippen LogP contribution in [0.5, 0.6) is 0 Å². The molecule has 0 saturated carbocycles. The molecule has 2 rings (SSSR count). The number of carbonyl (C=O) groups is 2. The van der Waals surface area contributed by atoms with Gasteiger partial charge in [-0.05, 0) is 47.1 Å². The van der Waals surface area contributed by atoms with Crippen LogP contribution in [0.15, 0.2) is 23.3 Å². The van der Waals surface area contributed by atoms with Crippen LogP contribution >= 0.6 is 0 Å². The molecule has 2 aliphatic heterocycles. The van der Waals surface area contributed by atoms with Gasteiger partial charge in [-0.15, -0.1) is 0 Å². The second-order valence-electron chi connectivity index (χ2n) is 6.91. The lowest BCUT2D eigenvalue weighted by Gasteiger charge is -2.25. The van der Waals surface area contributed by atoms with E-state index in [2.05, 4.69) is 4.90 Å². The third-order valence-corrected chi connectivity index (χ3v) is 4.29. The Hall–Kier alpha value is -1.62. The van der Waals surface area contributed by atoms with E-state index in [0.717, 1.165) is 37.1 Å². The van der Waals surface area contributed by atoms with Crippen molar-refractivity contribution in [2.45, 2.75) is 52.7 Å². The minimum atomic E-state index is -0.292. The lowest BCUT2D eigenvalue weighted by molar-refractivity contribution is -0.146. The van der Waals surface area contributed by atoms with Gasteiger partial charge in [0.25, 0.3) is 0 Å². The van der Waals surface area contributed by atoms with Crippen molar-refractivity contribution < 1.29 is 19.1 Å². The van der Waals surface area contributed by atoms with Crippen LogP contribution in [-0.4, -0.2) is 48.7 Å². The predicted octanol–water partition coefficient (Wildman–Crippen LogP) is 2.47. The van der Waals surface area contributed by atoms with Crippen molar-refractivity contribution in [3.8, 4) is 0 Å². The average molecular weight is 321 g/mol. The number of allylic oxidation sites excluding steroid dienone is 2. The van der Waals surface area contributed by atoms with Gasteiger partial charge in [0.15, 0.2) is 0 Å². The highest BCUT2D eigenvalue weighted by atomic mass is 16.5. The largest absolute Gasteiger partial charge is 0.462 e. The summed E-state index contributed by atoms with van der Waals surface area (Å²) in [6.07, 6.45) is 4.76. The summed E-state index contributed by atoms with van der Waals surface area (Å²) in [6.45, 7) is 9.80. The fraction of sp³-hybridized carbons (Fsp3) is 0.667. The van der Waals surface area contributed by atoms with Crippen LogP contribution in [0.25, 0.3) is 0 Å². The second-order valence-corrected chi connectivity index (χ2v) is 6.91. The number of carbonyl (C=O) groups excluding carboxylic acids is 2. The molecule has 23 heavy (non-hydrogen) atoms. The van der Waals surface area contributed by atoms with Crippen molar-refractivity contribution in [1.29, 1.82) is 0 Å². The standard InChI is InChI=1S/C18H27NO4/c1-12(2)9-16(20)22-11-14-5-7-19-8-6-15(18(14)19)23-17(21)10-13(3)4/h9-10,14-15,18H,5-8,11H2,1-4H3/t14-,15-,18-/m1/s1. The van der Waals surface area contributed by atoms with Crippen LogP contribution in [0.3, 0.4) is 0 Å². The second kappa shape index (κ2) is 7.77. The lowest BCUT2D eigenvalue weighted by atomic mass is 9.97. The van der Waals surface area contributed by atoms with E-state index in [9.17, 15) is 9.59 Å². The molecule has 0 amide bonds. The Labute approximate surface area is 138 Å². The van der Waals surface area contributed by atoms with Gasteiger partial charge in [-0.2, -0.15) is 0 Å². The predicted molar refractivity (Wildman–Crippen MR) is 87.8 cm³/mol. The molecular weight excluding hydrogens is 294 g/mol. The maximum Gasteiger partial charge on any atom is 0.331 e. The molecular formula is C18H27NO4. The maximum atomic E-state index is 11.9. The Kier molecular flexibility index (Phi) is 5.99. The summed E-state index contributed by atoms with van der Waals surface area (Å²) in [5.41, 5.74) is 1.86. The summed E-state index contributed by atoms with van der Waals surface area (Å²) in [7, 11) is 0. The Balaban J connectivity index is 1.92. The first-order chi connectivity index (χ1) is 10.9. The topological polar surface area (TPSA) is 55.8 Å². The Morgan fingerprint density at radius 2 is 1.61 bits per heavy atom. The summed E-state index contributed by atoms with van der Waals surface area (Å²) < 4.78 is 11.0. The van der Waals surface area contributed by atoms with Crippen LogP contribution in [0, 0.1) is 5.92 Å². The van der Waals surface area contributed by atoms with Crippen LogP contribution in [0.4, 0.5) is 0 Å². The first-order valence-corrected chi connectivity index (χ1v) is 8.28. The van der Waals surface area contributed by atoms with Crippen molar-refractivity contribution in [2.24, 2.45) is 5.92 Å². The van der Waals surface area contributed by atoms with E-state index < -0.39 is 0 Å². The van der Waals surface area contributed by atoms with E-state index >= 15 is 0 Å². The summed E-state index contributed by atoms with van der Waals surface area (Å²) >= 11 is 0. The zero-order chi connectivity index (χ0) is 17.0. The number of nitrogens with zero attached hydrogens (tertiary/aromatic N) is 1. The van der Waals surface area contributed by atoms with Crippen LogP contribution in [-0.2, 0) is 19.1 Å². The van der Waals surface area contributed by atoms with Gasteiger partial charge >= 0.3 is 11.9 Å². The number of esters is 2. The van der Waals surface area contributed by atoms with E-state index in [0.29, 0.717) is 6.61 Å². The van der Waals surface area contributed by atoms with Gasteiger partial charge in [0.05, 0.1) is 12.6 Å². The van der Waals surface area contributed by atoms with Crippen molar-refractivity contribution >= 4 is 11.9 Å². The fourth-order valence-corrected chi connectivity index (χ4v) is 3.41. The molecule has 0 bridgehead atoms.